The van der Waals surface area contributed by atoms with Gasteiger partial charge in [0.15, 0.2) is 0 Å². The second kappa shape index (κ2) is 4.61. The van der Waals surface area contributed by atoms with Crippen LogP contribution in [0.15, 0.2) is 18.2 Å². The second-order valence-electron chi connectivity index (χ2n) is 4.61. The smallest absolute Gasteiger partial charge is 0.314 e. The van der Waals surface area contributed by atoms with Crippen molar-refractivity contribution in [3.05, 3.63) is 28.8 Å². The fraction of sp³-hybridized carbons (Fsp3) is 0.385. The van der Waals surface area contributed by atoms with Gasteiger partial charge < -0.3 is 9.47 Å². The van der Waals surface area contributed by atoms with Gasteiger partial charge in [-0.1, -0.05) is 24.6 Å². The number of hydrogen-bond donors (Lipinski definition) is 0. The highest BCUT2D eigenvalue weighted by Gasteiger charge is 2.39. The van der Waals surface area contributed by atoms with Crippen LogP contribution < -0.4 is 4.74 Å². The Morgan fingerprint density at radius 2 is 1.89 bits per heavy atom. The van der Waals surface area contributed by atoms with E-state index in [1.807, 2.05) is 13.0 Å². The Bertz CT molecular complexity index is 494. The van der Waals surface area contributed by atoms with Gasteiger partial charge in [-0.3, -0.25) is 9.59 Å². The fourth-order valence-corrected chi connectivity index (χ4v) is 2.40. The predicted octanol–water partition coefficient (Wildman–Crippen LogP) is 2.47. The van der Waals surface area contributed by atoms with E-state index in [9.17, 15) is 9.59 Å². The lowest BCUT2D eigenvalue weighted by molar-refractivity contribution is -0.166. The molecule has 5 heteroatoms. The monoisotopic (exact) mass is 268 g/mol. The Morgan fingerprint density at radius 3 is 2.39 bits per heavy atom. The summed E-state index contributed by atoms with van der Waals surface area (Å²) in [6, 6.07) is 5.27. The lowest BCUT2D eigenvalue weighted by Crippen LogP contribution is -2.36. The SMILES string of the molecule is COc1ccc(C2(C)CC(=O)OC(=O)C2)cc1Cl. The summed E-state index contributed by atoms with van der Waals surface area (Å²) >= 11 is 6.06. The van der Waals surface area contributed by atoms with Gasteiger partial charge in [-0.15, -0.1) is 0 Å². The lowest BCUT2D eigenvalue weighted by atomic mass is 9.75. The van der Waals surface area contributed by atoms with Crippen molar-refractivity contribution in [3.63, 3.8) is 0 Å². The van der Waals surface area contributed by atoms with E-state index in [1.165, 1.54) is 7.11 Å². The summed E-state index contributed by atoms with van der Waals surface area (Å²) in [5.41, 5.74) is 0.265. The van der Waals surface area contributed by atoms with E-state index in [-0.39, 0.29) is 12.8 Å². The number of esters is 2. The van der Waals surface area contributed by atoms with Gasteiger partial charge in [0.2, 0.25) is 0 Å². The van der Waals surface area contributed by atoms with Crippen molar-refractivity contribution in [1.29, 1.82) is 0 Å². The molecule has 18 heavy (non-hydrogen) atoms. The molecule has 0 bridgehead atoms. The van der Waals surface area contributed by atoms with Gasteiger partial charge in [-0.2, -0.15) is 0 Å². The molecule has 0 aliphatic carbocycles. The average molecular weight is 269 g/mol. The zero-order chi connectivity index (χ0) is 13.3. The molecule has 0 saturated carbocycles. The minimum Gasteiger partial charge on any atom is -0.495 e. The van der Waals surface area contributed by atoms with Gasteiger partial charge >= 0.3 is 11.9 Å². The molecular formula is C13H13ClO4. The van der Waals surface area contributed by atoms with Crippen molar-refractivity contribution in [3.8, 4) is 5.75 Å². The van der Waals surface area contributed by atoms with E-state index in [1.54, 1.807) is 12.1 Å². The highest BCUT2D eigenvalue weighted by Crippen LogP contribution is 2.38. The van der Waals surface area contributed by atoms with E-state index < -0.39 is 17.4 Å². The number of carbonyl (C=O) groups excluding carboxylic acids is 2. The Kier molecular flexibility index (Phi) is 3.30. The molecule has 96 valence electrons. The second-order valence-corrected chi connectivity index (χ2v) is 5.02. The third-order valence-corrected chi connectivity index (χ3v) is 3.44. The summed E-state index contributed by atoms with van der Waals surface area (Å²) in [4.78, 5) is 22.7. The Balaban J connectivity index is 2.37. The topological polar surface area (TPSA) is 52.6 Å². The molecule has 0 aromatic heterocycles. The van der Waals surface area contributed by atoms with Gasteiger partial charge in [0.05, 0.1) is 25.0 Å². The minimum absolute atomic E-state index is 0.168. The predicted molar refractivity (Wildman–Crippen MR) is 65.7 cm³/mol. The van der Waals surface area contributed by atoms with Crippen molar-refractivity contribution < 1.29 is 19.1 Å². The first-order valence-corrected chi connectivity index (χ1v) is 5.90. The summed E-state index contributed by atoms with van der Waals surface area (Å²) in [5.74, 6) is -0.435. The molecule has 2 rings (SSSR count). The van der Waals surface area contributed by atoms with Crippen LogP contribution in [0.3, 0.4) is 0 Å². The molecule has 1 heterocycles. The van der Waals surface area contributed by atoms with Gasteiger partial charge in [-0.05, 0) is 17.7 Å². The standard InChI is InChI=1S/C13H13ClO4/c1-13(6-11(15)18-12(16)7-13)8-3-4-10(17-2)9(14)5-8/h3-5H,6-7H2,1-2H3. The molecule has 1 aromatic rings. The average Bonchev–Trinajstić information content (AvgIpc) is 2.27. The molecule has 1 aromatic carbocycles. The number of rotatable bonds is 2. The number of benzene rings is 1. The lowest BCUT2D eigenvalue weighted by Gasteiger charge is -2.31. The molecule has 1 fully saturated rings. The van der Waals surface area contributed by atoms with Gasteiger partial charge in [0, 0.05) is 5.41 Å². The van der Waals surface area contributed by atoms with E-state index in [2.05, 4.69) is 4.74 Å². The summed E-state index contributed by atoms with van der Waals surface area (Å²) in [6.45, 7) is 1.85. The third kappa shape index (κ3) is 2.34. The Hall–Kier alpha value is -1.55. The van der Waals surface area contributed by atoms with Gasteiger partial charge in [0.25, 0.3) is 0 Å². The van der Waals surface area contributed by atoms with Crippen LogP contribution in [0, 0.1) is 0 Å². The van der Waals surface area contributed by atoms with Crippen LogP contribution in [0.4, 0.5) is 0 Å². The minimum atomic E-state index is -0.567. The fourth-order valence-electron chi connectivity index (χ4n) is 2.14. The number of methoxy groups -OCH3 is 1. The molecule has 1 saturated heterocycles. The molecule has 0 amide bonds. The summed E-state index contributed by atoms with van der Waals surface area (Å²) in [5, 5.41) is 0.461. The first-order valence-electron chi connectivity index (χ1n) is 5.52. The quantitative estimate of drug-likeness (QED) is 0.611. The largest absolute Gasteiger partial charge is 0.495 e. The molecule has 1 aliphatic rings. The normalized spacial score (nSPS) is 18.4. The van der Waals surface area contributed by atoms with Crippen LogP contribution >= 0.6 is 11.6 Å². The molecule has 4 nitrogen and oxygen atoms in total. The summed E-state index contributed by atoms with van der Waals surface area (Å²) in [6.07, 6.45) is 0.336. The molecule has 0 spiro atoms. The van der Waals surface area contributed by atoms with E-state index in [0.717, 1.165) is 5.56 Å². The number of cyclic esters (lactones) is 2. The third-order valence-electron chi connectivity index (χ3n) is 3.15. The molecule has 0 radical (unpaired) electrons. The van der Waals surface area contributed by atoms with Gasteiger partial charge in [-0.25, -0.2) is 0 Å². The van der Waals surface area contributed by atoms with Crippen molar-refractivity contribution in [2.45, 2.75) is 25.2 Å². The Labute approximate surface area is 110 Å². The molecule has 1 aliphatic heterocycles. The van der Waals surface area contributed by atoms with Crippen LogP contribution in [-0.4, -0.2) is 19.0 Å². The number of halogens is 1. The molecular weight excluding hydrogens is 256 g/mol. The molecule has 0 unspecified atom stereocenters. The van der Waals surface area contributed by atoms with E-state index in [0.29, 0.717) is 10.8 Å². The first-order chi connectivity index (χ1) is 8.44. The maximum atomic E-state index is 11.4. The van der Waals surface area contributed by atoms with Crippen LogP contribution in [-0.2, 0) is 19.7 Å². The van der Waals surface area contributed by atoms with Crippen LogP contribution in [0.5, 0.6) is 5.75 Å². The summed E-state index contributed by atoms with van der Waals surface area (Å²) < 4.78 is 9.61. The van der Waals surface area contributed by atoms with E-state index >= 15 is 0 Å². The number of ether oxygens (including phenoxy) is 2. The summed E-state index contributed by atoms with van der Waals surface area (Å²) in [7, 11) is 1.53. The van der Waals surface area contributed by atoms with Crippen molar-refractivity contribution in [2.24, 2.45) is 0 Å². The Morgan fingerprint density at radius 1 is 1.28 bits per heavy atom. The van der Waals surface area contributed by atoms with Gasteiger partial charge in [0.1, 0.15) is 5.75 Å². The first kappa shape index (κ1) is 12.9. The van der Waals surface area contributed by atoms with Crippen LogP contribution in [0.25, 0.3) is 0 Å². The van der Waals surface area contributed by atoms with Crippen molar-refractivity contribution in [2.75, 3.05) is 7.11 Å². The van der Waals surface area contributed by atoms with E-state index in [4.69, 9.17) is 16.3 Å². The number of carbonyl (C=O) groups is 2. The van der Waals surface area contributed by atoms with Crippen LogP contribution in [0.1, 0.15) is 25.3 Å². The highest BCUT2D eigenvalue weighted by molar-refractivity contribution is 6.32. The zero-order valence-corrected chi connectivity index (χ0v) is 10.9. The van der Waals surface area contributed by atoms with Crippen molar-refractivity contribution in [1.82, 2.24) is 0 Å². The maximum absolute atomic E-state index is 11.4. The molecule has 0 N–H and O–H groups in total. The van der Waals surface area contributed by atoms with Crippen LogP contribution in [0.2, 0.25) is 5.02 Å². The molecule has 0 atom stereocenters. The van der Waals surface area contributed by atoms with Crippen molar-refractivity contribution >= 4 is 23.5 Å². The zero-order valence-electron chi connectivity index (χ0n) is 10.2. The maximum Gasteiger partial charge on any atom is 0.314 e. The highest BCUT2D eigenvalue weighted by atomic mass is 35.5. The number of hydrogen-bond acceptors (Lipinski definition) is 4.